The fourth-order valence-corrected chi connectivity index (χ4v) is 3.35. The standard InChI is InChI=1S/C27H30N4O3/c1-3-8-25(32)31-24-12-7-11-23(17-24)28-18-26(33)30-22-15-13-21(14-16-22)27(34)29-19(2)20-9-5-4-6-10-20/h4-7,9-17,19,28H,3,8,18H2,1-2H3,(H,29,34)(H,30,33)(H,31,32). The van der Waals surface area contributed by atoms with Crippen LogP contribution in [0.25, 0.3) is 0 Å². The van der Waals surface area contributed by atoms with Gasteiger partial charge in [-0.3, -0.25) is 14.4 Å². The third-order valence-electron chi connectivity index (χ3n) is 5.15. The summed E-state index contributed by atoms with van der Waals surface area (Å²) in [5.41, 5.74) is 3.55. The number of rotatable bonds is 10. The van der Waals surface area contributed by atoms with Gasteiger partial charge in [0.1, 0.15) is 0 Å². The molecule has 0 fully saturated rings. The monoisotopic (exact) mass is 458 g/mol. The van der Waals surface area contributed by atoms with E-state index in [0.29, 0.717) is 23.4 Å². The van der Waals surface area contributed by atoms with E-state index in [4.69, 9.17) is 0 Å². The molecule has 4 N–H and O–H groups in total. The number of hydrogen-bond acceptors (Lipinski definition) is 4. The molecule has 3 aromatic carbocycles. The Morgan fingerprint density at radius 3 is 2.15 bits per heavy atom. The van der Waals surface area contributed by atoms with Crippen LogP contribution in [0, 0.1) is 0 Å². The highest BCUT2D eigenvalue weighted by atomic mass is 16.2. The molecule has 0 aliphatic heterocycles. The Balaban J connectivity index is 1.48. The lowest BCUT2D eigenvalue weighted by molar-refractivity contribution is -0.116. The van der Waals surface area contributed by atoms with Gasteiger partial charge in [0.2, 0.25) is 11.8 Å². The van der Waals surface area contributed by atoms with Gasteiger partial charge in [-0.05, 0) is 61.4 Å². The number of benzene rings is 3. The van der Waals surface area contributed by atoms with Gasteiger partial charge in [0.25, 0.3) is 5.91 Å². The molecule has 0 saturated heterocycles. The number of nitrogens with one attached hydrogen (secondary N) is 4. The topological polar surface area (TPSA) is 99.3 Å². The molecule has 1 unspecified atom stereocenters. The van der Waals surface area contributed by atoms with Gasteiger partial charge in [0.05, 0.1) is 12.6 Å². The van der Waals surface area contributed by atoms with Crippen LogP contribution in [-0.2, 0) is 9.59 Å². The van der Waals surface area contributed by atoms with Gasteiger partial charge in [-0.25, -0.2) is 0 Å². The first kappa shape index (κ1) is 24.5. The van der Waals surface area contributed by atoms with Crippen LogP contribution in [0.15, 0.2) is 78.9 Å². The summed E-state index contributed by atoms with van der Waals surface area (Å²) in [6.07, 6.45) is 1.25. The third-order valence-corrected chi connectivity index (χ3v) is 5.15. The zero-order valence-corrected chi connectivity index (χ0v) is 19.4. The van der Waals surface area contributed by atoms with Crippen molar-refractivity contribution in [3.8, 4) is 0 Å². The second kappa shape index (κ2) is 12.2. The lowest BCUT2D eigenvalue weighted by Gasteiger charge is -2.14. The molecule has 0 saturated carbocycles. The van der Waals surface area contributed by atoms with Crippen molar-refractivity contribution in [1.82, 2.24) is 5.32 Å². The summed E-state index contributed by atoms with van der Waals surface area (Å²) in [5, 5.41) is 11.7. The highest BCUT2D eigenvalue weighted by Crippen LogP contribution is 2.16. The molecule has 0 bridgehead atoms. The first-order valence-corrected chi connectivity index (χ1v) is 11.3. The molecule has 34 heavy (non-hydrogen) atoms. The fourth-order valence-electron chi connectivity index (χ4n) is 3.35. The minimum atomic E-state index is -0.227. The van der Waals surface area contributed by atoms with Gasteiger partial charge >= 0.3 is 0 Å². The van der Waals surface area contributed by atoms with Gasteiger partial charge in [-0.15, -0.1) is 0 Å². The molecule has 0 aliphatic carbocycles. The molecule has 3 amide bonds. The Morgan fingerprint density at radius 2 is 1.44 bits per heavy atom. The molecule has 176 valence electrons. The van der Waals surface area contributed by atoms with Crippen LogP contribution < -0.4 is 21.3 Å². The minimum absolute atomic E-state index is 0.0379. The van der Waals surface area contributed by atoms with E-state index >= 15 is 0 Å². The lowest BCUT2D eigenvalue weighted by Crippen LogP contribution is -2.26. The predicted molar refractivity (Wildman–Crippen MR) is 136 cm³/mol. The molecular weight excluding hydrogens is 428 g/mol. The number of amides is 3. The van der Waals surface area contributed by atoms with E-state index in [0.717, 1.165) is 17.7 Å². The van der Waals surface area contributed by atoms with Gasteiger partial charge in [0, 0.05) is 29.0 Å². The van der Waals surface area contributed by atoms with Crippen LogP contribution in [-0.4, -0.2) is 24.3 Å². The lowest BCUT2D eigenvalue weighted by atomic mass is 10.1. The van der Waals surface area contributed by atoms with Gasteiger partial charge in [-0.1, -0.05) is 43.3 Å². The van der Waals surface area contributed by atoms with E-state index in [1.54, 1.807) is 36.4 Å². The van der Waals surface area contributed by atoms with E-state index in [2.05, 4.69) is 21.3 Å². The van der Waals surface area contributed by atoms with Crippen molar-refractivity contribution in [3.05, 3.63) is 90.0 Å². The number of hydrogen-bond donors (Lipinski definition) is 4. The summed E-state index contributed by atoms with van der Waals surface area (Å²) < 4.78 is 0. The molecular formula is C27H30N4O3. The first-order chi connectivity index (χ1) is 16.4. The quantitative estimate of drug-likeness (QED) is 0.345. The number of carbonyl (C=O) groups excluding carboxylic acids is 3. The summed E-state index contributed by atoms with van der Waals surface area (Å²) in [6.45, 7) is 3.94. The van der Waals surface area contributed by atoms with Crippen molar-refractivity contribution in [1.29, 1.82) is 0 Å². The van der Waals surface area contributed by atoms with Crippen LogP contribution in [0.1, 0.15) is 48.7 Å². The first-order valence-electron chi connectivity index (χ1n) is 11.3. The van der Waals surface area contributed by atoms with Gasteiger partial charge in [-0.2, -0.15) is 0 Å². The summed E-state index contributed by atoms with van der Waals surface area (Å²) in [7, 11) is 0. The zero-order valence-electron chi connectivity index (χ0n) is 19.4. The predicted octanol–water partition coefficient (Wildman–Crippen LogP) is 4.97. The highest BCUT2D eigenvalue weighted by Gasteiger charge is 2.11. The maximum absolute atomic E-state index is 12.5. The molecule has 7 heteroatoms. The second-order valence-corrected chi connectivity index (χ2v) is 7.96. The average Bonchev–Trinajstić information content (AvgIpc) is 2.84. The molecule has 3 aromatic rings. The summed E-state index contributed by atoms with van der Waals surface area (Å²) in [6, 6.07) is 23.6. The van der Waals surface area contributed by atoms with Crippen LogP contribution >= 0.6 is 0 Å². The fraction of sp³-hybridized carbons (Fsp3) is 0.222. The Labute approximate surface area is 200 Å². The largest absolute Gasteiger partial charge is 0.376 e. The molecule has 7 nitrogen and oxygen atoms in total. The summed E-state index contributed by atoms with van der Waals surface area (Å²) in [5.74, 6) is -0.443. The maximum atomic E-state index is 12.5. The molecule has 0 aromatic heterocycles. The second-order valence-electron chi connectivity index (χ2n) is 7.96. The van der Waals surface area contributed by atoms with Crippen molar-refractivity contribution in [2.75, 3.05) is 22.5 Å². The Bertz CT molecular complexity index is 1110. The van der Waals surface area contributed by atoms with Crippen LogP contribution in [0.3, 0.4) is 0 Å². The number of anilines is 3. The van der Waals surface area contributed by atoms with Gasteiger partial charge in [0.15, 0.2) is 0 Å². The number of carbonyl (C=O) groups is 3. The van der Waals surface area contributed by atoms with E-state index in [1.165, 1.54) is 0 Å². The van der Waals surface area contributed by atoms with Crippen molar-refractivity contribution >= 4 is 34.8 Å². The molecule has 0 spiro atoms. The maximum Gasteiger partial charge on any atom is 0.251 e. The third kappa shape index (κ3) is 7.48. The molecule has 3 rings (SSSR count). The van der Waals surface area contributed by atoms with E-state index < -0.39 is 0 Å². The van der Waals surface area contributed by atoms with Crippen molar-refractivity contribution in [2.24, 2.45) is 0 Å². The van der Waals surface area contributed by atoms with Crippen molar-refractivity contribution in [2.45, 2.75) is 32.7 Å². The Morgan fingerprint density at radius 1 is 0.765 bits per heavy atom. The van der Waals surface area contributed by atoms with Gasteiger partial charge < -0.3 is 21.3 Å². The summed E-state index contributed by atoms with van der Waals surface area (Å²) >= 11 is 0. The van der Waals surface area contributed by atoms with E-state index in [9.17, 15) is 14.4 Å². The van der Waals surface area contributed by atoms with E-state index in [1.807, 2.05) is 56.3 Å². The zero-order chi connectivity index (χ0) is 24.3. The van der Waals surface area contributed by atoms with Crippen LogP contribution in [0.5, 0.6) is 0 Å². The normalized spacial score (nSPS) is 11.2. The Kier molecular flexibility index (Phi) is 8.80. The minimum Gasteiger partial charge on any atom is -0.376 e. The van der Waals surface area contributed by atoms with E-state index in [-0.39, 0.29) is 30.3 Å². The SMILES string of the molecule is CCCC(=O)Nc1cccc(NCC(=O)Nc2ccc(C(=O)NC(C)c3ccccc3)cc2)c1. The molecule has 0 aliphatic rings. The average molecular weight is 459 g/mol. The molecule has 0 heterocycles. The Hall–Kier alpha value is -4.13. The highest BCUT2D eigenvalue weighted by molar-refractivity contribution is 5.97. The molecule has 1 atom stereocenters. The van der Waals surface area contributed by atoms with Crippen LogP contribution in [0.2, 0.25) is 0 Å². The smallest absolute Gasteiger partial charge is 0.251 e. The van der Waals surface area contributed by atoms with Crippen molar-refractivity contribution < 1.29 is 14.4 Å². The summed E-state index contributed by atoms with van der Waals surface area (Å²) in [4.78, 5) is 36.6. The van der Waals surface area contributed by atoms with Crippen molar-refractivity contribution in [3.63, 3.8) is 0 Å². The van der Waals surface area contributed by atoms with Crippen LogP contribution in [0.4, 0.5) is 17.1 Å². The molecule has 0 radical (unpaired) electrons.